The maximum Gasteiger partial charge on any atom is 0.303 e. The number of nitrogens with zero attached hydrogens (tertiary/aromatic N) is 4. The first-order valence-corrected chi connectivity index (χ1v) is 11.9. The molecule has 0 radical (unpaired) electrons. The molecule has 1 atom stereocenters. The van der Waals surface area contributed by atoms with Gasteiger partial charge in [-0.2, -0.15) is 17.8 Å². The van der Waals surface area contributed by atoms with Gasteiger partial charge in [0.25, 0.3) is 5.91 Å². The number of benzene rings is 1. The molecule has 0 aliphatic carbocycles. The minimum absolute atomic E-state index is 0.0203. The molecule has 1 aromatic carbocycles. The van der Waals surface area contributed by atoms with E-state index in [2.05, 4.69) is 14.7 Å². The quantitative estimate of drug-likeness (QED) is 0.612. The van der Waals surface area contributed by atoms with Gasteiger partial charge in [0.2, 0.25) is 0 Å². The Morgan fingerprint density at radius 1 is 1.31 bits per heavy atom. The average Bonchev–Trinajstić information content (AvgIpc) is 3.41. The third kappa shape index (κ3) is 4.07. The van der Waals surface area contributed by atoms with E-state index in [-0.39, 0.29) is 24.0 Å². The summed E-state index contributed by atoms with van der Waals surface area (Å²) < 4.78 is 43.1. The number of anilines is 1. The molecule has 3 heterocycles. The summed E-state index contributed by atoms with van der Waals surface area (Å²) in [5.41, 5.74) is 3.50. The van der Waals surface area contributed by atoms with Crippen molar-refractivity contribution in [2.24, 2.45) is 0 Å². The zero-order valence-corrected chi connectivity index (χ0v) is 19.1. The zero-order valence-electron chi connectivity index (χ0n) is 18.2. The third-order valence-corrected chi connectivity index (χ3v) is 7.53. The number of pyridine rings is 1. The lowest BCUT2D eigenvalue weighted by molar-refractivity contribution is 0.0981. The molecular formula is C22H26FN5O3S. The van der Waals surface area contributed by atoms with Crippen molar-refractivity contribution in [3.63, 3.8) is 0 Å². The fourth-order valence-electron chi connectivity index (χ4n) is 4.11. The van der Waals surface area contributed by atoms with Crippen molar-refractivity contribution in [1.29, 1.82) is 0 Å². The molecule has 1 saturated heterocycles. The standard InChI is InChI=1S/C22H26FN5O3S/c1-4-26(3)32(30,31)25-22(29)19-14-24-28-11-9-17(13-21(19)28)27-10-5-6-20(27)18-12-16(23)8-7-15(18)2/h7-9,11-14,20H,4-6,10H2,1-3H3,(H,25,29)/t20-/m1/s1. The number of halogens is 1. The van der Waals surface area contributed by atoms with E-state index in [1.807, 2.05) is 19.1 Å². The summed E-state index contributed by atoms with van der Waals surface area (Å²) in [5, 5.41) is 4.18. The van der Waals surface area contributed by atoms with Gasteiger partial charge in [-0.3, -0.25) is 4.79 Å². The summed E-state index contributed by atoms with van der Waals surface area (Å²) in [5.74, 6) is -1.00. The number of fused-ring (bicyclic) bond motifs is 1. The van der Waals surface area contributed by atoms with Crippen LogP contribution < -0.4 is 9.62 Å². The number of nitrogens with one attached hydrogen (secondary N) is 1. The molecule has 32 heavy (non-hydrogen) atoms. The van der Waals surface area contributed by atoms with Gasteiger partial charge in [0, 0.05) is 32.0 Å². The molecule has 0 saturated carbocycles. The van der Waals surface area contributed by atoms with Gasteiger partial charge < -0.3 is 4.90 Å². The molecule has 3 aromatic rings. The van der Waals surface area contributed by atoms with Crippen molar-refractivity contribution < 1.29 is 17.6 Å². The van der Waals surface area contributed by atoms with E-state index in [1.165, 1.54) is 23.8 Å². The molecule has 0 spiro atoms. The second-order valence-electron chi connectivity index (χ2n) is 7.98. The second kappa shape index (κ2) is 8.51. The Labute approximate surface area is 186 Å². The maximum absolute atomic E-state index is 13.9. The maximum atomic E-state index is 13.9. The SMILES string of the molecule is CCN(C)S(=O)(=O)NC(=O)c1cnn2ccc(N3CCC[C@@H]3c3cc(F)ccc3C)cc12. The van der Waals surface area contributed by atoms with Crippen LogP contribution in [-0.4, -0.2) is 48.4 Å². The van der Waals surface area contributed by atoms with Crippen LogP contribution >= 0.6 is 0 Å². The Balaban J connectivity index is 1.68. The summed E-state index contributed by atoms with van der Waals surface area (Å²) >= 11 is 0. The predicted molar refractivity (Wildman–Crippen MR) is 120 cm³/mol. The third-order valence-electron chi connectivity index (χ3n) is 6.01. The van der Waals surface area contributed by atoms with Crippen LogP contribution in [0.3, 0.4) is 0 Å². The summed E-state index contributed by atoms with van der Waals surface area (Å²) in [7, 11) is -2.54. The minimum Gasteiger partial charge on any atom is -0.364 e. The molecule has 0 bridgehead atoms. The second-order valence-corrected chi connectivity index (χ2v) is 9.75. The fraction of sp³-hybridized carbons (Fsp3) is 0.364. The van der Waals surface area contributed by atoms with Crippen LogP contribution in [0, 0.1) is 12.7 Å². The number of carbonyl (C=O) groups is 1. The molecule has 170 valence electrons. The number of hydrogen-bond donors (Lipinski definition) is 1. The Morgan fingerprint density at radius 2 is 2.09 bits per heavy atom. The van der Waals surface area contributed by atoms with E-state index < -0.39 is 16.1 Å². The Morgan fingerprint density at radius 3 is 2.84 bits per heavy atom. The molecule has 1 aliphatic rings. The number of hydrogen-bond acceptors (Lipinski definition) is 5. The smallest absolute Gasteiger partial charge is 0.303 e. The van der Waals surface area contributed by atoms with Crippen molar-refractivity contribution >= 4 is 27.3 Å². The lowest BCUT2D eigenvalue weighted by Gasteiger charge is -2.28. The van der Waals surface area contributed by atoms with Gasteiger partial charge in [0.05, 0.1) is 23.3 Å². The highest BCUT2D eigenvalue weighted by molar-refractivity contribution is 7.87. The van der Waals surface area contributed by atoms with Crippen LogP contribution in [0.4, 0.5) is 10.1 Å². The van der Waals surface area contributed by atoms with E-state index >= 15 is 0 Å². The van der Waals surface area contributed by atoms with Crippen molar-refractivity contribution in [2.75, 3.05) is 25.0 Å². The van der Waals surface area contributed by atoms with E-state index in [4.69, 9.17) is 0 Å². The predicted octanol–water partition coefficient (Wildman–Crippen LogP) is 3.05. The summed E-state index contributed by atoms with van der Waals surface area (Å²) in [6.07, 6.45) is 4.94. The van der Waals surface area contributed by atoms with Gasteiger partial charge in [-0.15, -0.1) is 0 Å². The van der Waals surface area contributed by atoms with E-state index in [1.54, 1.807) is 25.3 Å². The largest absolute Gasteiger partial charge is 0.364 e. The highest BCUT2D eigenvalue weighted by Crippen LogP contribution is 2.38. The molecule has 10 heteroatoms. The molecule has 1 N–H and O–H groups in total. The molecule has 1 amide bonds. The molecule has 1 aliphatic heterocycles. The number of carbonyl (C=O) groups excluding carboxylic acids is 1. The molecule has 0 unspecified atom stereocenters. The lowest BCUT2D eigenvalue weighted by atomic mass is 9.99. The van der Waals surface area contributed by atoms with Crippen LogP contribution in [0.15, 0.2) is 42.7 Å². The molecule has 1 fully saturated rings. The summed E-state index contributed by atoms with van der Waals surface area (Å²) in [4.78, 5) is 14.9. The monoisotopic (exact) mass is 459 g/mol. The van der Waals surface area contributed by atoms with E-state index in [0.29, 0.717) is 5.52 Å². The van der Waals surface area contributed by atoms with E-state index in [9.17, 15) is 17.6 Å². The first-order chi connectivity index (χ1) is 15.2. The fourth-order valence-corrected chi connectivity index (χ4v) is 4.95. The van der Waals surface area contributed by atoms with Gasteiger partial charge in [-0.25, -0.2) is 13.6 Å². The summed E-state index contributed by atoms with van der Waals surface area (Å²) in [6, 6.07) is 8.58. The van der Waals surface area contributed by atoms with Crippen LogP contribution in [0.25, 0.3) is 5.52 Å². The molecular weight excluding hydrogens is 433 g/mol. The number of aromatic nitrogens is 2. The van der Waals surface area contributed by atoms with Crippen LogP contribution in [0.5, 0.6) is 0 Å². The van der Waals surface area contributed by atoms with Gasteiger partial charge in [-0.1, -0.05) is 13.0 Å². The zero-order chi connectivity index (χ0) is 23.0. The lowest BCUT2D eigenvalue weighted by Crippen LogP contribution is -2.41. The van der Waals surface area contributed by atoms with Crippen LogP contribution in [-0.2, 0) is 10.2 Å². The van der Waals surface area contributed by atoms with Crippen molar-refractivity contribution in [2.45, 2.75) is 32.7 Å². The number of aryl methyl sites for hydroxylation is 1. The van der Waals surface area contributed by atoms with Gasteiger partial charge >= 0.3 is 10.2 Å². The Kier molecular flexibility index (Phi) is 5.91. The average molecular weight is 460 g/mol. The highest BCUT2D eigenvalue weighted by Gasteiger charge is 2.29. The van der Waals surface area contributed by atoms with Crippen molar-refractivity contribution in [3.8, 4) is 0 Å². The van der Waals surface area contributed by atoms with E-state index in [0.717, 1.165) is 40.5 Å². The molecule has 2 aromatic heterocycles. The van der Waals surface area contributed by atoms with Gasteiger partial charge in [0.15, 0.2) is 0 Å². The van der Waals surface area contributed by atoms with Gasteiger partial charge in [-0.05, 0) is 55.2 Å². The van der Waals surface area contributed by atoms with Gasteiger partial charge in [0.1, 0.15) is 5.82 Å². The normalized spacial score (nSPS) is 16.8. The molecule has 8 nitrogen and oxygen atoms in total. The highest BCUT2D eigenvalue weighted by atomic mass is 32.2. The number of amides is 1. The van der Waals surface area contributed by atoms with Crippen molar-refractivity contribution in [3.05, 3.63) is 65.2 Å². The topological polar surface area (TPSA) is 87.0 Å². The Bertz CT molecular complexity index is 1270. The van der Waals surface area contributed by atoms with Crippen molar-refractivity contribution in [1.82, 2.24) is 18.6 Å². The summed E-state index contributed by atoms with van der Waals surface area (Å²) in [6.45, 7) is 4.68. The van der Waals surface area contributed by atoms with Crippen LogP contribution in [0.2, 0.25) is 0 Å². The first-order valence-electron chi connectivity index (χ1n) is 10.5. The van der Waals surface area contributed by atoms with Crippen LogP contribution in [0.1, 0.15) is 47.3 Å². The molecule has 4 rings (SSSR count). The number of rotatable bonds is 6. The minimum atomic E-state index is -3.93. The first kappa shape index (κ1) is 22.2. The Hall–Kier alpha value is -2.98.